The fraction of sp³-hybridized carbons (Fsp3) is 0.231. The zero-order chi connectivity index (χ0) is 26.0. The Balaban J connectivity index is 0.00000353. The largest absolute Gasteiger partial charge is 0.490 e. The number of rotatable bonds is 13. The van der Waals surface area contributed by atoms with Crippen LogP contribution in [0.4, 0.5) is 0 Å². The maximum atomic E-state index is 6.04. The molecule has 3 aromatic carbocycles. The molecule has 39 heavy (non-hydrogen) atoms. The lowest BCUT2D eigenvalue weighted by atomic mass is 10.2. The standard InChI is InChI=1S/C26H27N9O2S.ClH/c1-2-36-24-18-20(14-15-23(24)37-25-28-30-32-34(25)21-10-5-3-6-11-21)19-27-16-9-17-38-26-29-31-33-35(26)22-12-7-4-8-13-22;/h3-8,10-15,18,27H,2,9,16-17,19H2,1H3;1H. The highest BCUT2D eigenvalue weighted by Crippen LogP contribution is 2.32. The Morgan fingerprint density at radius 2 is 1.51 bits per heavy atom. The van der Waals surface area contributed by atoms with Crippen molar-refractivity contribution in [2.75, 3.05) is 18.9 Å². The quantitative estimate of drug-likeness (QED) is 0.161. The van der Waals surface area contributed by atoms with Gasteiger partial charge in [0.1, 0.15) is 0 Å². The van der Waals surface area contributed by atoms with E-state index in [0.717, 1.165) is 40.8 Å². The molecule has 0 atom stereocenters. The zero-order valence-electron chi connectivity index (χ0n) is 21.3. The van der Waals surface area contributed by atoms with Crippen molar-refractivity contribution in [1.82, 2.24) is 45.7 Å². The van der Waals surface area contributed by atoms with Crippen LogP contribution in [0.2, 0.25) is 0 Å². The van der Waals surface area contributed by atoms with Gasteiger partial charge in [0, 0.05) is 12.3 Å². The molecule has 0 radical (unpaired) electrons. The van der Waals surface area contributed by atoms with Crippen LogP contribution in [0.3, 0.4) is 0 Å². The van der Waals surface area contributed by atoms with Crippen LogP contribution in [0.1, 0.15) is 18.9 Å². The Labute approximate surface area is 236 Å². The van der Waals surface area contributed by atoms with Gasteiger partial charge in [-0.15, -0.1) is 17.5 Å². The molecule has 0 amide bonds. The second-order valence-corrected chi connectivity index (χ2v) is 9.17. The van der Waals surface area contributed by atoms with Gasteiger partial charge in [-0.25, -0.2) is 0 Å². The molecule has 0 unspecified atom stereocenters. The second kappa shape index (κ2) is 14.2. The van der Waals surface area contributed by atoms with Crippen LogP contribution in [0.5, 0.6) is 17.5 Å². The first kappa shape index (κ1) is 28.0. The lowest BCUT2D eigenvalue weighted by molar-refractivity contribution is 0.315. The van der Waals surface area contributed by atoms with Crippen molar-refractivity contribution in [3.8, 4) is 28.9 Å². The average Bonchev–Trinajstić information content (AvgIpc) is 3.63. The highest BCUT2D eigenvalue weighted by atomic mass is 35.5. The Morgan fingerprint density at radius 1 is 0.821 bits per heavy atom. The van der Waals surface area contributed by atoms with E-state index in [9.17, 15) is 0 Å². The number of halogens is 1. The van der Waals surface area contributed by atoms with Gasteiger partial charge in [0.05, 0.1) is 18.0 Å². The molecule has 0 bridgehead atoms. The van der Waals surface area contributed by atoms with E-state index in [0.29, 0.717) is 24.7 Å². The minimum absolute atomic E-state index is 0. The van der Waals surface area contributed by atoms with E-state index in [4.69, 9.17) is 9.47 Å². The molecule has 11 nitrogen and oxygen atoms in total. The first-order chi connectivity index (χ1) is 18.8. The van der Waals surface area contributed by atoms with Crippen molar-refractivity contribution in [1.29, 1.82) is 0 Å². The van der Waals surface area contributed by atoms with Gasteiger partial charge in [0.25, 0.3) is 0 Å². The third-order valence-electron chi connectivity index (χ3n) is 5.45. The fourth-order valence-electron chi connectivity index (χ4n) is 3.68. The van der Waals surface area contributed by atoms with Crippen molar-refractivity contribution in [3.05, 3.63) is 84.4 Å². The van der Waals surface area contributed by atoms with Crippen molar-refractivity contribution < 1.29 is 9.47 Å². The number of hydrogen-bond donors (Lipinski definition) is 1. The molecule has 202 valence electrons. The molecular formula is C26H28ClN9O2S. The number of thioether (sulfide) groups is 1. The summed E-state index contributed by atoms with van der Waals surface area (Å²) >= 11 is 1.64. The Bertz CT molecular complexity index is 1430. The first-order valence-electron chi connectivity index (χ1n) is 12.3. The molecular weight excluding hydrogens is 538 g/mol. The molecule has 5 rings (SSSR count). The smallest absolute Gasteiger partial charge is 0.346 e. The van der Waals surface area contributed by atoms with E-state index < -0.39 is 0 Å². The van der Waals surface area contributed by atoms with E-state index in [2.05, 4.69) is 36.4 Å². The monoisotopic (exact) mass is 565 g/mol. The summed E-state index contributed by atoms with van der Waals surface area (Å²) in [6.45, 7) is 4.01. The lowest BCUT2D eigenvalue weighted by Crippen LogP contribution is -2.15. The average molecular weight is 566 g/mol. The summed E-state index contributed by atoms with van der Waals surface area (Å²) < 4.78 is 15.2. The number of tetrazole rings is 2. The topological polar surface area (TPSA) is 118 Å². The summed E-state index contributed by atoms with van der Waals surface area (Å²) in [6, 6.07) is 25.6. The van der Waals surface area contributed by atoms with E-state index in [1.165, 1.54) is 0 Å². The molecule has 1 N–H and O–H groups in total. The van der Waals surface area contributed by atoms with Gasteiger partial charge in [-0.2, -0.15) is 9.36 Å². The number of aromatic nitrogens is 8. The molecule has 13 heteroatoms. The number of benzene rings is 3. The summed E-state index contributed by atoms with van der Waals surface area (Å²) in [4.78, 5) is 0. The molecule has 5 aromatic rings. The van der Waals surface area contributed by atoms with Gasteiger partial charge in [-0.1, -0.05) is 59.3 Å². The second-order valence-electron chi connectivity index (χ2n) is 8.11. The maximum absolute atomic E-state index is 6.04. The van der Waals surface area contributed by atoms with E-state index in [1.807, 2.05) is 85.8 Å². The lowest BCUT2D eigenvalue weighted by Gasteiger charge is -2.13. The maximum Gasteiger partial charge on any atom is 0.346 e. The van der Waals surface area contributed by atoms with Crippen LogP contribution >= 0.6 is 24.2 Å². The summed E-state index contributed by atoms with van der Waals surface area (Å²) in [6.07, 6.45) is 0.966. The Hall–Kier alpha value is -4.00. The molecule has 0 aliphatic rings. The SMILES string of the molecule is CCOc1cc(CNCCCSc2nnnn2-c2ccccc2)ccc1Oc1nnnn1-c1ccccc1.Cl. The van der Waals surface area contributed by atoms with Crippen molar-refractivity contribution in [3.63, 3.8) is 0 Å². The predicted octanol–water partition coefficient (Wildman–Crippen LogP) is 4.52. The first-order valence-corrected chi connectivity index (χ1v) is 13.2. The number of para-hydroxylation sites is 2. The van der Waals surface area contributed by atoms with Gasteiger partial charge in [0.15, 0.2) is 11.5 Å². The van der Waals surface area contributed by atoms with Gasteiger partial charge in [0.2, 0.25) is 5.16 Å². The highest BCUT2D eigenvalue weighted by Gasteiger charge is 2.14. The van der Waals surface area contributed by atoms with E-state index in [1.54, 1.807) is 21.1 Å². The molecule has 0 aliphatic heterocycles. The van der Waals surface area contributed by atoms with Crippen molar-refractivity contribution >= 4 is 24.2 Å². The third-order valence-corrected chi connectivity index (χ3v) is 6.46. The van der Waals surface area contributed by atoms with Gasteiger partial charge >= 0.3 is 6.01 Å². The summed E-state index contributed by atoms with van der Waals surface area (Å²) in [5.41, 5.74) is 2.84. The molecule has 0 spiro atoms. The number of hydrogen-bond acceptors (Lipinski definition) is 10. The Morgan fingerprint density at radius 3 is 2.26 bits per heavy atom. The molecule has 0 saturated heterocycles. The van der Waals surface area contributed by atoms with Gasteiger partial charge in [-0.3, -0.25) is 0 Å². The fourth-order valence-corrected chi connectivity index (χ4v) is 4.51. The summed E-state index contributed by atoms with van der Waals surface area (Å²) in [5.74, 6) is 2.08. The van der Waals surface area contributed by atoms with Crippen molar-refractivity contribution in [2.45, 2.75) is 25.0 Å². The van der Waals surface area contributed by atoms with Gasteiger partial charge in [-0.05, 0) is 82.7 Å². The predicted molar refractivity (Wildman–Crippen MR) is 150 cm³/mol. The van der Waals surface area contributed by atoms with Crippen LogP contribution < -0.4 is 14.8 Å². The van der Waals surface area contributed by atoms with Crippen LogP contribution in [-0.4, -0.2) is 59.3 Å². The van der Waals surface area contributed by atoms with E-state index in [-0.39, 0.29) is 18.4 Å². The molecule has 2 heterocycles. The molecule has 0 fully saturated rings. The normalized spacial score (nSPS) is 10.7. The summed E-state index contributed by atoms with van der Waals surface area (Å²) in [7, 11) is 0. The van der Waals surface area contributed by atoms with Crippen LogP contribution in [-0.2, 0) is 6.54 Å². The molecule has 0 saturated carbocycles. The number of nitrogens with zero attached hydrogens (tertiary/aromatic N) is 8. The number of ether oxygens (including phenoxy) is 2. The Kier molecular flexibility index (Phi) is 10.2. The van der Waals surface area contributed by atoms with Crippen LogP contribution in [0, 0.1) is 0 Å². The van der Waals surface area contributed by atoms with Crippen LogP contribution in [0.15, 0.2) is 84.0 Å². The summed E-state index contributed by atoms with van der Waals surface area (Å²) in [5, 5.41) is 28.2. The minimum atomic E-state index is 0. The number of nitrogens with one attached hydrogen (secondary N) is 1. The molecule has 2 aromatic heterocycles. The minimum Gasteiger partial charge on any atom is -0.490 e. The third kappa shape index (κ3) is 7.31. The van der Waals surface area contributed by atoms with Gasteiger partial charge < -0.3 is 14.8 Å². The van der Waals surface area contributed by atoms with E-state index >= 15 is 0 Å². The molecule has 0 aliphatic carbocycles. The van der Waals surface area contributed by atoms with Crippen molar-refractivity contribution in [2.24, 2.45) is 0 Å². The highest BCUT2D eigenvalue weighted by molar-refractivity contribution is 7.99. The van der Waals surface area contributed by atoms with Crippen LogP contribution in [0.25, 0.3) is 11.4 Å². The zero-order valence-corrected chi connectivity index (χ0v) is 22.9.